The van der Waals surface area contributed by atoms with Gasteiger partial charge in [-0.25, -0.2) is 0 Å². The monoisotopic (exact) mass is 384 g/mol. The van der Waals surface area contributed by atoms with Gasteiger partial charge in [0.15, 0.2) is 0 Å². The summed E-state index contributed by atoms with van der Waals surface area (Å²) >= 11 is 0. The maximum absolute atomic E-state index is 13.4. The third-order valence-corrected chi connectivity index (χ3v) is 15.7. The number of hydrogen-bond donors (Lipinski definition) is 1. The quantitative estimate of drug-likeness (QED) is 0.508. The van der Waals surface area contributed by atoms with Crippen LogP contribution in [0.25, 0.3) is 0 Å². The van der Waals surface area contributed by atoms with E-state index in [1.807, 2.05) is 91.0 Å². The first kappa shape index (κ1) is 19.0. The minimum absolute atomic E-state index is 0.254. The van der Waals surface area contributed by atoms with Crippen LogP contribution in [0, 0.1) is 5.92 Å². The Hall–Kier alpha value is -1.80. The molecule has 0 aromatic heterocycles. The molecule has 1 unspecified atom stereocenters. The predicted molar refractivity (Wildman–Crippen MR) is 116 cm³/mol. The van der Waals surface area contributed by atoms with Crippen LogP contribution >= 0.6 is 5.81 Å². The van der Waals surface area contributed by atoms with E-state index in [2.05, 4.69) is 13.8 Å². The number of hydrogen-bond acceptors (Lipinski definition) is 1. The average Bonchev–Trinajstić information content (AvgIpc) is 2.68. The summed E-state index contributed by atoms with van der Waals surface area (Å²) in [5.41, 5.74) is 0. The van der Waals surface area contributed by atoms with Crippen LogP contribution in [0.3, 0.4) is 0 Å². The van der Waals surface area contributed by atoms with E-state index in [0.717, 1.165) is 15.9 Å². The van der Waals surface area contributed by atoms with Crippen LogP contribution in [0.5, 0.6) is 0 Å². The Morgan fingerprint density at radius 2 is 1.04 bits per heavy atom. The molecular weight excluding hydrogens is 359 g/mol. The van der Waals surface area contributed by atoms with E-state index in [0.29, 0.717) is 6.16 Å². The third-order valence-electron chi connectivity index (χ3n) is 4.97. The van der Waals surface area contributed by atoms with Crippen molar-refractivity contribution in [2.24, 2.45) is 5.92 Å². The standard InChI is InChI=1S/C22H25O2PS/c1-19(2)18-25(26(23)24,20-12-6-3-7-13-20,21-14-8-4-9-15-21)22-16-10-5-11-17-22/h3-17,19H,18H2,1-2H3,(H,23,24). The molecule has 1 N–H and O–H groups in total. The number of benzene rings is 3. The first-order chi connectivity index (χ1) is 12.5. The molecule has 0 radical (unpaired) electrons. The molecule has 0 aliphatic rings. The van der Waals surface area contributed by atoms with Crippen molar-refractivity contribution < 1.29 is 8.76 Å². The van der Waals surface area contributed by atoms with Gasteiger partial charge in [-0.05, 0) is 0 Å². The first-order valence-corrected chi connectivity index (χ1v) is 12.9. The molecule has 0 saturated heterocycles. The molecule has 1 atom stereocenters. The molecule has 0 aliphatic heterocycles. The van der Waals surface area contributed by atoms with Gasteiger partial charge >= 0.3 is 158 Å². The van der Waals surface area contributed by atoms with Gasteiger partial charge < -0.3 is 0 Å². The Bertz CT molecular complexity index is 780. The molecule has 0 saturated carbocycles. The van der Waals surface area contributed by atoms with Crippen molar-refractivity contribution in [3.63, 3.8) is 0 Å². The molecule has 26 heavy (non-hydrogen) atoms. The molecule has 3 rings (SSSR count). The zero-order valence-electron chi connectivity index (χ0n) is 15.2. The van der Waals surface area contributed by atoms with Crippen molar-refractivity contribution in [3.8, 4) is 0 Å². The van der Waals surface area contributed by atoms with Crippen LogP contribution in [0.1, 0.15) is 13.8 Å². The zero-order chi connectivity index (χ0) is 18.6. The predicted octanol–water partition coefficient (Wildman–Crippen LogP) is 4.31. The van der Waals surface area contributed by atoms with Crippen molar-refractivity contribution in [3.05, 3.63) is 91.0 Å². The van der Waals surface area contributed by atoms with Crippen molar-refractivity contribution >= 4 is 32.4 Å². The fraction of sp³-hybridized carbons (Fsp3) is 0.182. The fourth-order valence-corrected chi connectivity index (χ4v) is 14.0. The molecule has 0 amide bonds. The Kier molecular flexibility index (Phi) is 5.43. The normalized spacial score (nSPS) is 14.5. The van der Waals surface area contributed by atoms with Crippen LogP contribution in [-0.2, 0) is 10.7 Å². The van der Waals surface area contributed by atoms with E-state index in [9.17, 15) is 8.76 Å². The van der Waals surface area contributed by atoms with Crippen molar-refractivity contribution in [1.82, 2.24) is 0 Å². The van der Waals surface area contributed by atoms with Gasteiger partial charge in [0.1, 0.15) is 0 Å². The summed E-state index contributed by atoms with van der Waals surface area (Å²) in [6.45, 7) is 4.26. The van der Waals surface area contributed by atoms with Crippen LogP contribution in [0.2, 0.25) is 0 Å². The summed E-state index contributed by atoms with van der Waals surface area (Å²) in [6.07, 6.45) is 0.646. The van der Waals surface area contributed by atoms with Crippen LogP contribution in [-0.4, -0.2) is 14.9 Å². The summed E-state index contributed by atoms with van der Waals surface area (Å²) < 4.78 is 24.5. The van der Waals surface area contributed by atoms with Gasteiger partial charge in [-0.2, -0.15) is 0 Å². The molecule has 3 aromatic carbocycles. The second kappa shape index (κ2) is 7.44. The Balaban J connectivity index is 2.57. The summed E-state index contributed by atoms with van der Waals surface area (Å²) in [6, 6.07) is 29.8. The Labute approximate surface area is 158 Å². The SMILES string of the molecule is CC(C)CP(c1ccccc1)(c1ccccc1)(c1ccccc1)S(=O)O. The van der Waals surface area contributed by atoms with Crippen molar-refractivity contribution in [2.75, 3.05) is 6.16 Å². The Morgan fingerprint density at radius 3 is 1.27 bits per heavy atom. The molecule has 0 heterocycles. The van der Waals surface area contributed by atoms with Gasteiger partial charge in [-0.3, -0.25) is 0 Å². The summed E-state index contributed by atoms with van der Waals surface area (Å²) in [5, 5.41) is 2.89. The van der Waals surface area contributed by atoms with E-state index in [1.165, 1.54) is 0 Å². The fourth-order valence-electron chi connectivity index (χ4n) is 4.02. The van der Waals surface area contributed by atoms with Crippen LogP contribution in [0.4, 0.5) is 0 Å². The minimum atomic E-state index is -3.60. The molecule has 2 nitrogen and oxygen atoms in total. The second-order valence-electron chi connectivity index (χ2n) is 7.03. The van der Waals surface area contributed by atoms with Gasteiger partial charge in [-0.15, -0.1) is 0 Å². The van der Waals surface area contributed by atoms with Gasteiger partial charge in [0.05, 0.1) is 0 Å². The molecule has 3 aromatic rings. The molecule has 0 bridgehead atoms. The van der Waals surface area contributed by atoms with Gasteiger partial charge in [0.2, 0.25) is 0 Å². The van der Waals surface area contributed by atoms with Crippen molar-refractivity contribution in [1.29, 1.82) is 0 Å². The van der Waals surface area contributed by atoms with Crippen molar-refractivity contribution in [2.45, 2.75) is 13.8 Å². The average molecular weight is 384 g/mol. The molecule has 0 spiro atoms. The van der Waals surface area contributed by atoms with Gasteiger partial charge in [-0.1, -0.05) is 0 Å². The topological polar surface area (TPSA) is 37.3 Å². The van der Waals surface area contributed by atoms with E-state index in [-0.39, 0.29) is 5.92 Å². The van der Waals surface area contributed by atoms with Crippen LogP contribution < -0.4 is 15.9 Å². The van der Waals surface area contributed by atoms with E-state index in [4.69, 9.17) is 0 Å². The summed E-state index contributed by atoms with van der Waals surface area (Å²) in [7, 11) is -2.06. The Morgan fingerprint density at radius 1 is 0.731 bits per heavy atom. The maximum atomic E-state index is 13.4. The van der Waals surface area contributed by atoms with E-state index in [1.54, 1.807) is 0 Å². The summed E-state index contributed by atoms with van der Waals surface area (Å²) in [4.78, 5) is 0. The number of rotatable bonds is 6. The molecular formula is C22H25O2PS. The van der Waals surface area contributed by atoms with Gasteiger partial charge in [0.25, 0.3) is 0 Å². The van der Waals surface area contributed by atoms with E-state index >= 15 is 0 Å². The molecule has 0 fully saturated rings. The molecule has 4 heteroatoms. The molecule has 0 aliphatic carbocycles. The summed E-state index contributed by atoms with van der Waals surface area (Å²) in [5.74, 6) is -3.35. The second-order valence-corrected chi connectivity index (χ2v) is 15.2. The third kappa shape index (κ3) is 2.75. The zero-order valence-corrected chi connectivity index (χ0v) is 16.9. The van der Waals surface area contributed by atoms with Gasteiger partial charge in [0, 0.05) is 0 Å². The first-order valence-electron chi connectivity index (χ1n) is 8.81. The molecule has 136 valence electrons. The van der Waals surface area contributed by atoms with E-state index < -0.39 is 16.5 Å². The van der Waals surface area contributed by atoms with Crippen LogP contribution in [0.15, 0.2) is 91.0 Å².